The maximum Gasteiger partial charge on any atom is 0.270 e. The van der Waals surface area contributed by atoms with Gasteiger partial charge in [-0.2, -0.15) is 0 Å². The Kier molecular flexibility index (Phi) is 4.71. The van der Waals surface area contributed by atoms with Gasteiger partial charge < -0.3 is 10.6 Å². The van der Waals surface area contributed by atoms with E-state index in [1.165, 1.54) is 0 Å². The van der Waals surface area contributed by atoms with Gasteiger partial charge in [0.25, 0.3) is 5.91 Å². The van der Waals surface area contributed by atoms with Crippen LogP contribution in [0.1, 0.15) is 30.8 Å². The van der Waals surface area contributed by atoms with Crippen molar-refractivity contribution in [3.8, 4) is 0 Å². The summed E-state index contributed by atoms with van der Waals surface area (Å²) in [6, 6.07) is 13.6. The van der Waals surface area contributed by atoms with Crippen LogP contribution in [-0.4, -0.2) is 16.9 Å². The number of carbonyl (C=O) groups excluding carboxylic acids is 1. The summed E-state index contributed by atoms with van der Waals surface area (Å²) >= 11 is 0. The molecule has 0 aliphatic carbocycles. The van der Waals surface area contributed by atoms with Crippen molar-refractivity contribution in [3.05, 3.63) is 54.4 Å². The molecule has 0 spiro atoms. The van der Waals surface area contributed by atoms with E-state index >= 15 is 0 Å². The average molecular weight is 269 g/mol. The van der Waals surface area contributed by atoms with Crippen LogP contribution in [-0.2, 0) is 0 Å². The standard InChI is InChI=1S/C16H19N3O/c1-3-12(2)18-16(20)15-11-14(9-10-17-15)19-13-7-5-4-6-8-13/h4-12H,3H2,1-2H3,(H,17,19)(H,18,20). The molecule has 0 radical (unpaired) electrons. The number of para-hydroxylation sites is 1. The Morgan fingerprint density at radius 1 is 1.20 bits per heavy atom. The molecular formula is C16H19N3O. The normalized spacial score (nSPS) is 11.7. The molecule has 1 aromatic heterocycles. The summed E-state index contributed by atoms with van der Waals surface area (Å²) < 4.78 is 0. The lowest BCUT2D eigenvalue weighted by molar-refractivity contribution is 0.0934. The van der Waals surface area contributed by atoms with Crippen LogP contribution in [0.15, 0.2) is 48.7 Å². The highest BCUT2D eigenvalue weighted by atomic mass is 16.1. The molecule has 2 aromatic rings. The van der Waals surface area contributed by atoms with E-state index in [1.807, 2.05) is 50.2 Å². The molecule has 0 aliphatic rings. The number of hydrogen-bond donors (Lipinski definition) is 2. The molecule has 1 unspecified atom stereocenters. The predicted octanol–water partition coefficient (Wildman–Crippen LogP) is 3.35. The van der Waals surface area contributed by atoms with E-state index in [0.717, 1.165) is 17.8 Å². The summed E-state index contributed by atoms with van der Waals surface area (Å²) in [5, 5.41) is 6.15. The number of nitrogens with zero attached hydrogens (tertiary/aromatic N) is 1. The second kappa shape index (κ2) is 6.70. The highest BCUT2D eigenvalue weighted by molar-refractivity contribution is 5.93. The van der Waals surface area contributed by atoms with Gasteiger partial charge in [0.1, 0.15) is 5.69 Å². The second-order valence-electron chi connectivity index (χ2n) is 4.70. The lowest BCUT2D eigenvalue weighted by atomic mass is 10.2. The third-order valence-corrected chi connectivity index (χ3v) is 3.04. The summed E-state index contributed by atoms with van der Waals surface area (Å²) in [5.41, 5.74) is 2.25. The molecule has 1 aromatic carbocycles. The van der Waals surface area contributed by atoms with Crippen LogP contribution in [0.3, 0.4) is 0 Å². The van der Waals surface area contributed by atoms with Gasteiger partial charge in [-0.05, 0) is 37.6 Å². The van der Waals surface area contributed by atoms with E-state index in [9.17, 15) is 4.79 Å². The first kappa shape index (κ1) is 14.1. The number of aromatic nitrogens is 1. The fraction of sp³-hybridized carbons (Fsp3) is 0.250. The predicted molar refractivity (Wildman–Crippen MR) is 81.2 cm³/mol. The van der Waals surface area contributed by atoms with Gasteiger partial charge in [0, 0.05) is 23.6 Å². The largest absolute Gasteiger partial charge is 0.355 e. The SMILES string of the molecule is CCC(C)NC(=O)c1cc(Nc2ccccc2)ccn1. The molecule has 0 saturated heterocycles. The molecule has 0 aliphatic heterocycles. The molecule has 0 bridgehead atoms. The maximum absolute atomic E-state index is 12.0. The summed E-state index contributed by atoms with van der Waals surface area (Å²) in [4.78, 5) is 16.1. The van der Waals surface area contributed by atoms with Crippen molar-refractivity contribution >= 4 is 17.3 Å². The molecule has 2 N–H and O–H groups in total. The zero-order valence-electron chi connectivity index (χ0n) is 11.8. The molecule has 1 heterocycles. The summed E-state index contributed by atoms with van der Waals surface area (Å²) in [5.74, 6) is -0.143. The van der Waals surface area contributed by atoms with E-state index < -0.39 is 0 Å². The molecular weight excluding hydrogens is 250 g/mol. The van der Waals surface area contributed by atoms with Gasteiger partial charge in [0.05, 0.1) is 0 Å². The van der Waals surface area contributed by atoms with Crippen LogP contribution < -0.4 is 10.6 Å². The van der Waals surface area contributed by atoms with E-state index in [2.05, 4.69) is 15.6 Å². The molecule has 0 saturated carbocycles. The lowest BCUT2D eigenvalue weighted by Crippen LogP contribution is -2.32. The zero-order valence-corrected chi connectivity index (χ0v) is 11.8. The maximum atomic E-state index is 12.0. The molecule has 0 fully saturated rings. The van der Waals surface area contributed by atoms with Gasteiger partial charge in [0.2, 0.25) is 0 Å². The van der Waals surface area contributed by atoms with E-state index in [0.29, 0.717) is 5.69 Å². The van der Waals surface area contributed by atoms with Crippen molar-refractivity contribution in [1.82, 2.24) is 10.3 Å². The van der Waals surface area contributed by atoms with E-state index in [-0.39, 0.29) is 11.9 Å². The zero-order chi connectivity index (χ0) is 14.4. The molecule has 1 atom stereocenters. The van der Waals surface area contributed by atoms with Crippen molar-refractivity contribution in [2.75, 3.05) is 5.32 Å². The Morgan fingerprint density at radius 2 is 1.95 bits per heavy atom. The van der Waals surface area contributed by atoms with Gasteiger partial charge in [-0.25, -0.2) is 0 Å². The quantitative estimate of drug-likeness (QED) is 0.875. The second-order valence-corrected chi connectivity index (χ2v) is 4.70. The smallest absolute Gasteiger partial charge is 0.270 e. The van der Waals surface area contributed by atoms with Gasteiger partial charge in [0.15, 0.2) is 0 Å². The first-order chi connectivity index (χ1) is 9.69. The van der Waals surface area contributed by atoms with E-state index in [1.54, 1.807) is 12.3 Å². The number of carbonyl (C=O) groups is 1. The lowest BCUT2D eigenvalue weighted by Gasteiger charge is -2.12. The minimum Gasteiger partial charge on any atom is -0.355 e. The molecule has 20 heavy (non-hydrogen) atoms. The minimum atomic E-state index is -0.143. The van der Waals surface area contributed by atoms with Crippen molar-refractivity contribution in [1.29, 1.82) is 0 Å². The highest BCUT2D eigenvalue weighted by Crippen LogP contribution is 2.16. The summed E-state index contributed by atoms with van der Waals surface area (Å²) in [6.45, 7) is 4.01. The monoisotopic (exact) mass is 269 g/mol. The Hall–Kier alpha value is -2.36. The van der Waals surface area contributed by atoms with Crippen molar-refractivity contribution < 1.29 is 4.79 Å². The fourth-order valence-electron chi connectivity index (χ4n) is 1.72. The molecule has 1 amide bonds. The number of rotatable bonds is 5. The summed E-state index contributed by atoms with van der Waals surface area (Å²) in [6.07, 6.45) is 2.53. The van der Waals surface area contributed by atoms with Crippen molar-refractivity contribution in [3.63, 3.8) is 0 Å². The topological polar surface area (TPSA) is 54.0 Å². The third-order valence-electron chi connectivity index (χ3n) is 3.04. The fourth-order valence-corrected chi connectivity index (χ4v) is 1.72. The van der Waals surface area contributed by atoms with Gasteiger partial charge in [-0.1, -0.05) is 25.1 Å². The first-order valence-electron chi connectivity index (χ1n) is 6.78. The van der Waals surface area contributed by atoms with Crippen LogP contribution >= 0.6 is 0 Å². The molecule has 104 valence electrons. The average Bonchev–Trinajstić information content (AvgIpc) is 2.48. The third kappa shape index (κ3) is 3.82. The summed E-state index contributed by atoms with van der Waals surface area (Å²) in [7, 11) is 0. The minimum absolute atomic E-state index is 0.143. The first-order valence-corrected chi connectivity index (χ1v) is 6.78. The molecule has 2 rings (SSSR count). The van der Waals surface area contributed by atoms with Crippen LogP contribution in [0.5, 0.6) is 0 Å². The molecule has 4 nitrogen and oxygen atoms in total. The van der Waals surface area contributed by atoms with Crippen molar-refractivity contribution in [2.24, 2.45) is 0 Å². The van der Waals surface area contributed by atoms with E-state index in [4.69, 9.17) is 0 Å². The number of hydrogen-bond acceptors (Lipinski definition) is 3. The van der Waals surface area contributed by atoms with Gasteiger partial charge in [-0.3, -0.25) is 9.78 Å². The Labute approximate surface area is 119 Å². The van der Waals surface area contributed by atoms with Gasteiger partial charge in [-0.15, -0.1) is 0 Å². The van der Waals surface area contributed by atoms with Crippen LogP contribution in [0.2, 0.25) is 0 Å². The number of amides is 1. The number of benzene rings is 1. The highest BCUT2D eigenvalue weighted by Gasteiger charge is 2.10. The number of pyridine rings is 1. The Bertz CT molecular complexity index is 569. The van der Waals surface area contributed by atoms with Crippen LogP contribution in [0.25, 0.3) is 0 Å². The Balaban J connectivity index is 2.10. The number of anilines is 2. The van der Waals surface area contributed by atoms with Crippen molar-refractivity contribution in [2.45, 2.75) is 26.3 Å². The van der Waals surface area contributed by atoms with Crippen LogP contribution in [0, 0.1) is 0 Å². The van der Waals surface area contributed by atoms with Gasteiger partial charge >= 0.3 is 0 Å². The van der Waals surface area contributed by atoms with Crippen LogP contribution in [0.4, 0.5) is 11.4 Å². The molecule has 4 heteroatoms. The number of nitrogens with one attached hydrogen (secondary N) is 2. The Morgan fingerprint density at radius 3 is 2.65 bits per heavy atom.